The van der Waals surface area contributed by atoms with Crippen molar-refractivity contribution in [3.8, 4) is 11.5 Å². The standard InChI is InChI=1S/C30H45NO7/c1-3-34-14-5-15-36-24-10-11-30(32)25-18-22-8-9-23(37-20-35-17-16-33-2)27-26(22)29(30,28(24)38-27)12-13-31(25)19-21-6-4-7-21/h8-9,21,24-25,28,32H,3-7,10-20H2,1-2H3/t24-,25+,28-,29-,30+/m0/s1. The van der Waals surface area contributed by atoms with E-state index in [0.717, 1.165) is 63.5 Å². The molecule has 5 aliphatic rings. The Bertz CT molecular complexity index is 970. The van der Waals surface area contributed by atoms with E-state index in [0.29, 0.717) is 32.2 Å². The van der Waals surface area contributed by atoms with Gasteiger partial charge in [-0.05, 0) is 76.0 Å². The van der Waals surface area contributed by atoms with Crippen molar-refractivity contribution in [1.29, 1.82) is 0 Å². The van der Waals surface area contributed by atoms with Gasteiger partial charge in [-0.1, -0.05) is 12.5 Å². The Labute approximate surface area is 226 Å². The number of hydrogen-bond donors (Lipinski definition) is 1. The third-order valence-corrected chi connectivity index (χ3v) is 9.92. The summed E-state index contributed by atoms with van der Waals surface area (Å²) in [6.45, 7) is 7.30. The van der Waals surface area contributed by atoms with Gasteiger partial charge < -0.3 is 33.5 Å². The van der Waals surface area contributed by atoms with Gasteiger partial charge in [0.1, 0.15) is 6.10 Å². The molecule has 1 aromatic rings. The van der Waals surface area contributed by atoms with Crippen LogP contribution in [0.2, 0.25) is 0 Å². The maximum Gasteiger partial charge on any atom is 0.189 e. The van der Waals surface area contributed by atoms with Crippen molar-refractivity contribution in [2.24, 2.45) is 5.92 Å². The predicted molar refractivity (Wildman–Crippen MR) is 142 cm³/mol. The average molecular weight is 532 g/mol. The average Bonchev–Trinajstić information content (AvgIpc) is 3.24. The van der Waals surface area contributed by atoms with Gasteiger partial charge in [-0.3, -0.25) is 4.90 Å². The molecule has 6 rings (SSSR count). The largest absolute Gasteiger partial charge is 0.482 e. The van der Waals surface area contributed by atoms with Gasteiger partial charge >= 0.3 is 0 Å². The monoisotopic (exact) mass is 531 g/mol. The molecule has 0 unspecified atom stereocenters. The topological polar surface area (TPSA) is 78.9 Å². The van der Waals surface area contributed by atoms with Gasteiger partial charge in [-0.15, -0.1) is 0 Å². The van der Waals surface area contributed by atoms with E-state index in [1.165, 1.54) is 30.4 Å². The summed E-state index contributed by atoms with van der Waals surface area (Å²) < 4.78 is 35.6. The summed E-state index contributed by atoms with van der Waals surface area (Å²) in [6, 6.07) is 4.34. The minimum atomic E-state index is -0.837. The van der Waals surface area contributed by atoms with Crippen molar-refractivity contribution in [2.75, 3.05) is 60.0 Å². The fourth-order valence-corrected chi connectivity index (χ4v) is 7.93. The number of hydrogen-bond acceptors (Lipinski definition) is 8. The number of nitrogens with zero attached hydrogens (tertiary/aromatic N) is 1. The number of rotatable bonds is 14. The van der Waals surface area contributed by atoms with Crippen LogP contribution in [-0.4, -0.2) is 93.9 Å². The highest BCUT2D eigenvalue weighted by atomic mass is 16.7. The van der Waals surface area contributed by atoms with Crippen molar-refractivity contribution in [3.05, 3.63) is 23.3 Å². The first-order valence-corrected chi connectivity index (χ1v) is 14.8. The van der Waals surface area contributed by atoms with E-state index < -0.39 is 11.0 Å². The van der Waals surface area contributed by atoms with Crippen molar-refractivity contribution in [2.45, 2.75) is 87.6 Å². The van der Waals surface area contributed by atoms with Crippen LogP contribution in [0.25, 0.3) is 0 Å². The van der Waals surface area contributed by atoms with E-state index in [1.54, 1.807) is 7.11 Å². The highest BCUT2D eigenvalue weighted by Gasteiger charge is 2.73. The van der Waals surface area contributed by atoms with Crippen LogP contribution in [-0.2, 0) is 30.8 Å². The highest BCUT2D eigenvalue weighted by Crippen LogP contribution is 2.66. The molecule has 1 N–H and O–H groups in total. The second-order valence-electron chi connectivity index (χ2n) is 11.8. The van der Waals surface area contributed by atoms with Crippen LogP contribution in [0, 0.1) is 5.92 Å². The van der Waals surface area contributed by atoms with Gasteiger partial charge in [0.2, 0.25) is 0 Å². The Morgan fingerprint density at radius 1 is 1.08 bits per heavy atom. The van der Waals surface area contributed by atoms with E-state index in [4.69, 9.17) is 28.4 Å². The van der Waals surface area contributed by atoms with Crippen LogP contribution < -0.4 is 9.47 Å². The quantitative estimate of drug-likeness (QED) is 0.289. The van der Waals surface area contributed by atoms with Crippen molar-refractivity contribution in [1.82, 2.24) is 4.90 Å². The molecule has 2 heterocycles. The molecule has 2 aliphatic heterocycles. The zero-order chi connectivity index (χ0) is 26.2. The van der Waals surface area contributed by atoms with Crippen LogP contribution >= 0.6 is 0 Å². The fourth-order valence-electron chi connectivity index (χ4n) is 7.93. The second kappa shape index (κ2) is 11.2. The summed E-state index contributed by atoms with van der Waals surface area (Å²) in [4.78, 5) is 2.62. The second-order valence-corrected chi connectivity index (χ2v) is 11.8. The molecule has 212 valence electrons. The van der Waals surface area contributed by atoms with Gasteiger partial charge in [-0.2, -0.15) is 0 Å². The lowest BCUT2D eigenvalue weighted by molar-refractivity contribution is -0.217. The van der Waals surface area contributed by atoms with Crippen LogP contribution in [0.3, 0.4) is 0 Å². The van der Waals surface area contributed by atoms with Crippen molar-refractivity contribution < 1.29 is 33.5 Å². The molecule has 8 heteroatoms. The Hall–Kier alpha value is -1.42. The predicted octanol–water partition coefficient (Wildman–Crippen LogP) is 3.45. The van der Waals surface area contributed by atoms with E-state index in [1.807, 2.05) is 13.0 Å². The van der Waals surface area contributed by atoms with Gasteiger partial charge in [0.15, 0.2) is 18.3 Å². The molecular formula is C30H45NO7. The Morgan fingerprint density at radius 2 is 1.97 bits per heavy atom. The summed E-state index contributed by atoms with van der Waals surface area (Å²) in [5.74, 6) is 2.26. The fraction of sp³-hybridized carbons (Fsp3) is 0.800. The van der Waals surface area contributed by atoms with Gasteiger partial charge in [-0.25, -0.2) is 0 Å². The molecule has 0 radical (unpaired) electrons. The number of benzene rings is 1. The summed E-state index contributed by atoms with van der Waals surface area (Å²) in [5, 5.41) is 12.7. The number of methoxy groups -OCH3 is 1. The molecular weight excluding hydrogens is 486 g/mol. The van der Waals surface area contributed by atoms with Gasteiger partial charge in [0.05, 0.1) is 30.3 Å². The van der Waals surface area contributed by atoms with Crippen molar-refractivity contribution >= 4 is 0 Å². The maximum atomic E-state index is 12.7. The molecule has 2 bridgehead atoms. The van der Waals surface area contributed by atoms with Crippen LogP contribution in [0.1, 0.15) is 63.0 Å². The van der Waals surface area contributed by atoms with Crippen LogP contribution in [0.15, 0.2) is 12.1 Å². The first-order valence-electron chi connectivity index (χ1n) is 14.8. The molecule has 1 spiro atoms. The lowest BCUT2D eigenvalue weighted by atomic mass is 9.48. The number of ether oxygens (including phenoxy) is 6. The third kappa shape index (κ3) is 4.36. The summed E-state index contributed by atoms with van der Waals surface area (Å²) in [5.41, 5.74) is 1.15. The molecule has 5 atom stereocenters. The number of piperidine rings is 1. The molecule has 0 amide bonds. The van der Waals surface area contributed by atoms with E-state index in [-0.39, 0.29) is 25.0 Å². The normalized spacial score (nSPS) is 33.5. The minimum absolute atomic E-state index is 0.0695. The van der Waals surface area contributed by atoms with E-state index in [2.05, 4.69) is 11.0 Å². The molecule has 8 nitrogen and oxygen atoms in total. The van der Waals surface area contributed by atoms with E-state index >= 15 is 0 Å². The summed E-state index contributed by atoms with van der Waals surface area (Å²) >= 11 is 0. The zero-order valence-electron chi connectivity index (χ0n) is 23.1. The SMILES string of the molecule is CCOCCCO[C@H]1CC[C@@]2(O)[C@H]3Cc4ccc(OCOCCOC)c5c4[C@@]2(CCN3CC2CCC2)[C@H]1O5. The van der Waals surface area contributed by atoms with Crippen molar-refractivity contribution in [3.63, 3.8) is 0 Å². The summed E-state index contributed by atoms with van der Waals surface area (Å²) in [7, 11) is 1.66. The first kappa shape index (κ1) is 26.8. The lowest BCUT2D eigenvalue weighted by Gasteiger charge is -2.64. The molecule has 3 fully saturated rings. The van der Waals surface area contributed by atoms with Crippen LogP contribution in [0.5, 0.6) is 11.5 Å². The highest BCUT2D eigenvalue weighted by molar-refractivity contribution is 5.63. The Morgan fingerprint density at radius 3 is 2.76 bits per heavy atom. The van der Waals surface area contributed by atoms with Crippen LogP contribution in [0.4, 0.5) is 0 Å². The molecule has 3 aliphatic carbocycles. The molecule has 1 saturated heterocycles. The zero-order valence-corrected chi connectivity index (χ0v) is 23.1. The minimum Gasteiger partial charge on any atom is -0.482 e. The lowest BCUT2D eigenvalue weighted by Crippen LogP contribution is -2.77. The van der Waals surface area contributed by atoms with Gasteiger partial charge in [0, 0.05) is 45.1 Å². The smallest absolute Gasteiger partial charge is 0.189 e. The molecule has 38 heavy (non-hydrogen) atoms. The van der Waals surface area contributed by atoms with E-state index in [9.17, 15) is 5.11 Å². The number of likely N-dealkylation sites (tertiary alicyclic amines) is 1. The summed E-state index contributed by atoms with van der Waals surface area (Å²) in [6.07, 6.45) is 7.82. The number of aliphatic hydroxyl groups is 1. The molecule has 0 aromatic heterocycles. The molecule has 1 aromatic carbocycles. The molecule has 2 saturated carbocycles. The first-order chi connectivity index (χ1) is 18.6. The third-order valence-electron chi connectivity index (χ3n) is 9.92. The van der Waals surface area contributed by atoms with Gasteiger partial charge in [0.25, 0.3) is 0 Å². The maximum absolute atomic E-state index is 12.7. The Kier molecular flexibility index (Phi) is 7.91. The Balaban J connectivity index is 1.30.